The molecule has 0 radical (unpaired) electrons. The van der Waals surface area contributed by atoms with Gasteiger partial charge >= 0.3 is 6.36 Å². The van der Waals surface area contributed by atoms with Gasteiger partial charge in [-0.3, -0.25) is 14.6 Å². The second kappa shape index (κ2) is 25.4. The lowest BCUT2D eigenvalue weighted by atomic mass is 9.97. The summed E-state index contributed by atoms with van der Waals surface area (Å²) in [5, 5.41) is 17.0. The highest BCUT2D eigenvalue weighted by molar-refractivity contribution is 7.93. The molecule has 0 amide bonds. The molecule has 1 saturated heterocycles. The first-order valence-corrected chi connectivity index (χ1v) is 22.3. The van der Waals surface area contributed by atoms with Crippen LogP contribution in [0.3, 0.4) is 0 Å². The molecule has 0 spiro atoms. The lowest BCUT2D eigenvalue weighted by Gasteiger charge is -2.31. The molecule has 21 heteroatoms. The number of nitrogens with zero attached hydrogens (tertiary/aromatic N) is 5. The second-order valence-electron chi connectivity index (χ2n) is 14.1. The molecule has 0 bridgehead atoms. The lowest BCUT2D eigenvalue weighted by Crippen LogP contribution is -2.37. The number of aryl methyl sites for hydroxylation is 1. The maximum absolute atomic E-state index is 13.0. The van der Waals surface area contributed by atoms with E-state index in [1.807, 2.05) is 29.2 Å². The molecule has 5 aromatic rings. The molecule has 2 aromatic heterocycles. The summed E-state index contributed by atoms with van der Waals surface area (Å²) in [6, 6.07) is 24.5. The zero-order chi connectivity index (χ0) is 45.8. The van der Waals surface area contributed by atoms with E-state index < -0.39 is 16.4 Å². The minimum atomic E-state index is -4.90. The molecule has 3 aromatic carbocycles. The van der Waals surface area contributed by atoms with Crippen molar-refractivity contribution >= 4 is 26.7 Å². The molecule has 16 nitrogen and oxygen atoms in total. The number of rotatable bonds is 22. The first-order valence-electron chi connectivity index (χ1n) is 20.0. The van der Waals surface area contributed by atoms with Gasteiger partial charge in [-0.15, -0.1) is 18.1 Å². The highest BCUT2D eigenvalue weighted by Crippen LogP contribution is 2.39. The predicted molar refractivity (Wildman–Crippen MR) is 230 cm³/mol. The van der Waals surface area contributed by atoms with Gasteiger partial charge in [0.2, 0.25) is 5.13 Å². The van der Waals surface area contributed by atoms with Gasteiger partial charge in [-0.2, -0.15) is 9.64 Å². The van der Waals surface area contributed by atoms with Gasteiger partial charge in [0, 0.05) is 50.0 Å². The smallest absolute Gasteiger partial charge is 0.455 e. The second-order valence-corrected chi connectivity index (χ2v) is 16.5. The number of halogens is 3. The van der Waals surface area contributed by atoms with Crippen molar-refractivity contribution in [3.05, 3.63) is 102 Å². The number of anilines is 1. The molecule has 0 unspecified atom stereocenters. The molecule has 1 fully saturated rings. The van der Waals surface area contributed by atoms with Gasteiger partial charge in [-0.25, -0.2) is 18.7 Å². The number of piperidine rings is 1. The maximum Gasteiger partial charge on any atom is 0.549 e. The summed E-state index contributed by atoms with van der Waals surface area (Å²) in [7, 11) is -2.36. The molecular weight excluding hydrogens is 882 g/mol. The lowest BCUT2D eigenvalue weighted by molar-refractivity contribution is -0.464. The summed E-state index contributed by atoms with van der Waals surface area (Å²) < 4.78 is 97.3. The van der Waals surface area contributed by atoms with E-state index in [1.54, 1.807) is 13.3 Å². The topological polar surface area (TPSA) is 197 Å². The van der Waals surface area contributed by atoms with Gasteiger partial charge in [0.05, 0.1) is 75.1 Å². The highest BCUT2D eigenvalue weighted by Gasteiger charge is 2.29. The number of alkyl halides is 3. The fourth-order valence-electron chi connectivity index (χ4n) is 6.36. The van der Waals surface area contributed by atoms with Crippen LogP contribution in [-0.2, 0) is 45.1 Å². The number of nitriles is 1. The molecule has 0 saturated carbocycles. The van der Waals surface area contributed by atoms with Gasteiger partial charge in [0.15, 0.2) is 0 Å². The van der Waals surface area contributed by atoms with Crippen molar-refractivity contribution in [2.75, 3.05) is 77.8 Å². The summed E-state index contributed by atoms with van der Waals surface area (Å²) >= 11 is 0.912. The summed E-state index contributed by atoms with van der Waals surface area (Å²) in [4.78, 5) is 12.8. The van der Waals surface area contributed by atoms with Crippen LogP contribution in [0.15, 0.2) is 90.2 Å². The highest BCUT2D eigenvalue weighted by atomic mass is 32.2. The molecule has 1 aliphatic rings. The third-order valence-electron chi connectivity index (χ3n) is 9.42. The molecule has 64 heavy (non-hydrogen) atoms. The number of sulfonamides is 1. The Balaban J connectivity index is 0.00000120. The van der Waals surface area contributed by atoms with E-state index in [0.717, 1.165) is 71.0 Å². The number of pyridine rings is 1. The number of aromatic nitrogens is 3. The van der Waals surface area contributed by atoms with E-state index in [1.165, 1.54) is 24.5 Å². The van der Waals surface area contributed by atoms with Crippen LogP contribution in [-0.4, -0.2) is 118 Å². The van der Waals surface area contributed by atoms with Crippen LogP contribution >= 0.6 is 11.5 Å². The average molecular weight is 931 g/mol. The van der Waals surface area contributed by atoms with Crippen molar-refractivity contribution < 1.29 is 60.2 Å². The number of nitrogens with one attached hydrogen (secondary N) is 1. The van der Waals surface area contributed by atoms with E-state index in [-0.39, 0.29) is 27.4 Å². The minimum absolute atomic E-state index is 0.0605. The Morgan fingerprint density at radius 1 is 0.859 bits per heavy atom. The number of methoxy groups -OCH3 is 1. The van der Waals surface area contributed by atoms with E-state index in [2.05, 4.69) is 62.3 Å². The van der Waals surface area contributed by atoms with Crippen molar-refractivity contribution in [1.29, 1.82) is 5.26 Å². The number of hydrogen-bond donors (Lipinski definition) is 2. The molecule has 1 aliphatic heterocycles. The zero-order valence-corrected chi connectivity index (χ0v) is 36.8. The van der Waals surface area contributed by atoms with E-state index in [0.29, 0.717) is 65.1 Å². The molecule has 0 aliphatic carbocycles. The first-order chi connectivity index (χ1) is 30.9. The number of benzene rings is 3. The van der Waals surface area contributed by atoms with Crippen LogP contribution in [0.1, 0.15) is 29.7 Å². The van der Waals surface area contributed by atoms with Gasteiger partial charge in [0.1, 0.15) is 23.9 Å². The van der Waals surface area contributed by atoms with Crippen LogP contribution in [0.4, 0.5) is 18.3 Å². The van der Waals surface area contributed by atoms with Gasteiger partial charge < -0.3 is 28.4 Å². The quantitative estimate of drug-likeness (QED) is 0.0389. The Hall–Kier alpha value is -5.12. The van der Waals surface area contributed by atoms with E-state index in [9.17, 15) is 26.9 Å². The standard InChI is InChI=1S/C42H48N6O8S2.CHF3O2/c1-31-4-3-5-32(24-31)33-6-8-41(56-40-9-7-38(26-35(40)28-43)58(49,50)47-42-45-30-46-57-42)39(27-33)34-10-13-44-36(25-34)29-48-14-11-37(12-15-48)55-23-22-54-21-20-53-19-18-52-17-16-51-2;2-1(3,4)6-5/h3-10,13,24-27,30,37H,11-12,14-23,29H2,1-2H3,(H,45,46,47);5H. The van der Waals surface area contributed by atoms with Crippen LogP contribution in [0.2, 0.25) is 0 Å². The Morgan fingerprint density at radius 2 is 1.53 bits per heavy atom. The minimum Gasteiger partial charge on any atom is -0.455 e. The number of likely N-dealkylation sites (tertiary alicyclic amines) is 1. The van der Waals surface area contributed by atoms with Crippen molar-refractivity contribution in [3.63, 3.8) is 0 Å². The number of ether oxygens (including phenoxy) is 6. The summed E-state index contributed by atoms with van der Waals surface area (Å²) in [5.41, 5.74) is 5.86. The monoisotopic (exact) mass is 930 g/mol. The fourth-order valence-corrected chi connectivity index (χ4v) is 8.05. The molecule has 2 N–H and O–H groups in total. The van der Waals surface area contributed by atoms with Crippen LogP contribution in [0, 0.1) is 18.3 Å². The van der Waals surface area contributed by atoms with Crippen LogP contribution < -0.4 is 9.46 Å². The van der Waals surface area contributed by atoms with Crippen molar-refractivity contribution in [3.8, 4) is 39.8 Å². The van der Waals surface area contributed by atoms with Crippen molar-refractivity contribution in [2.24, 2.45) is 0 Å². The third kappa shape index (κ3) is 16.5. The first kappa shape index (κ1) is 49.9. The summed E-state index contributed by atoms with van der Waals surface area (Å²) in [6.07, 6.45) is 0.180. The third-order valence-corrected chi connectivity index (χ3v) is 11.5. The fraction of sp³-hybridized carbons (Fsp3) is 0.395. The molecule has 344 valence electrons. The number of hydrogen-bond acceptors (Lipinski definition) is 16. The molecular formula is C43H49F3N6O10S2. The van der Waals surface area contributed by atoms with E-state index >= 15 is 0 Å². The molecule has 3 heterocycles. The van der Waals surface area contributed by atoms with Crippen molar-refractivity contribution in [1.82, 2.24) is 19.2 Å². The Kier molecular flexibility index (Phi) is 19.8. The Labute approximate surface area is 373 Å². The summed E-state index contributed by atoms with van der Waals surface area (Å²) in [6.45, 7) is 8.81. The van der Waals surface area contributed by atoms with Gasteiger partial charge in [0.25, 0.3) is 10.0 Å². The van der Waals surface area contributed by atoms with Crippen molar-refractivity contribution in [2.45, 2.75) is 43.7 Å². The van der Waals surface area contributed by atoms with Crippen LogP contribution in [0.5, 0.6) is 11.5 Å². The Bertz CT molecular complexity index is 2350. The average Bonchev–Trinajstić information content (AvgIpc) is 3.80. The normalized spacial score (nSPS) is 13.5. The van der Waals surface area contributed by atoms with Gasteiger partial charge in [-0.1, -0.05) is 35.9 Å². The maximum atomic E-state index is 13.0. The largest absolute Gasteiger partial charge is 0.549 e. The SMILES string of the molecule is COCCOCCOCCOCCOC1CCN(Cc2cc(-c3cc(-c4cccc(C)c4)ccc3Oc3ccc(S(=O)(=O)Nc4ncns4)cc3C#N)ccn2)CC1.OOC(F)(F)F. The molecule has 6 rings (SSSR count). The van der Waals surface area contributed by atoms with Gasteiger partial charge in [-0.05, 0) is 78.9 Å². The predicted octanol–water partition coefficient (Wildman–Crippen LogP) is 7.71. The van der Waals surface area contributed by atoms with E-state index in [4.69, 9.17) is 38.7 Å². The molecule has 0 atom stereocenters. The van der Waals surface area contributed by atoms with Crippen LogP contribution in [0.25, 0.3) is 22.3 Å². The Morgan fingerprint density at radius 3 is 2.17 bits per heavy atom. The summed E-state index contributed by atoms with van der Waals surface area (Å²) in [5.74, 6) is 0.725. The zero-order valence-electron chi connectivity index (χ0n) is 35.2.